The number of nitrogens with two attached hydrogens (primary N) is 1. The molecular formula is C11H14N4O. The van der Waals surface area contributed by atoms with Crippen LogP contribution in [0.4, 0.5) is 0 Å². The van der Waals surface area contributed by atoms with Crippen molar-refractivity contribution in [2.75, 3.05) is 0 Å². The lowest BCUT2D eigenvalue weighted by Crippen LogP contribution is -2.33. The average Bonchev–Trinajstić information content (AvgIpc) is 2.68. The Morgan fingerprint density at radius 3 is 3.00 bits per heavy atom. The number of hydrogen-bond donors (Lipinski definition) is 2. The monoisotopic (exact) mass is 218 g/mol. The van der Waals surface area contributed by atoms with Crippen molar-refractivity contribution in [2.45, 2.75) is 12.8 Å². The number of imidazole rings is 1. The second kappa shape index (κ2) is 3.94. The normalized spacial score (nSPS) is 12.7. The van der Waals surface area contributed by atoms with Crippen LogP contribution in [-0.4, -0.2) is 15.5 Å². The number of carbonyl (C=O) groups excluding carboxylic acids is 1. The molecule has 0 spiro atoms. The number of nitrogens with one attached hydrogen (secondary N) is 1. The second-order valence-electron chi connectivity index (χ2n) is 3.83. The molecule has 1 amide bonds. The van der Waals surface area contributed by atoms with Crippen LogP contribution >= 0.6 is 0 Å². The summed E-state index contributed by atoms with van der Waals surface area (Å²) in [5.41, 5.74) is 4.99. The van der Waals surface area contributed by atoms with Crippen LogP contribution in [0.1, 0.15) is 18.4 Å². The summed E-state index contributed by atoms with van der Waals surface area (Å²) in [7, 11) is 1.94. The van der Waals surface area contributed by atoms with E-state index < -0.39 is 0 Å². The van der Waals surface area contributed by atoms with Gasteiger partial charge in [-0.2, -0.15) is 0 Å². The molecule has 1 heterocycles. The van der Waals surface area contributed by atoms with E-state index in [2.05, 4.69) is 10.4 Å². The summed E-state index contributed by atoms with van der Waals surface area (Å²) in [6.45, 7) is 1.81. The zero-order valence-corrected chi connectivity index (χ0v) is 9.27. The highest BCUT2D eigenvalue weighted by atomic mass is 16.2. The van der Waals surface area contributed by atoms with Gasteiger partial charge in [0.1, 0.15) is 0 Å². The van der Waals surface area contributed by atoms with Crippen LogP contribution in [0.2, 0.25) is 0 Å². The largest absolute Gasteiger partial charge is 0.334 e. The smallest absolute Gasteiger partial charge is 0.241 e. The molecule has 5 heteroatoms. The zero-order chi connectivity index (χ0) is 11.7. The first-order chi connectivity index (χ1) is 7.63. The van der Waals surface area contributed by atoms with Gasteiger partial charge < -0.3 is 4.57 Å². The molecule has 0 aliphatic rings. The highest BCUT2D eigenvalue weighted by molar-refractivity contribution is 5.84. The first kappa shape index (κ1) is 10.6. The third kappa shape index (κ3) is 1.65. The zero-order valence-electron chi connectivity index (χ0n) is 9.27. The van der Waals surface area contributed by atoms with Gasteiger partial charge in [0.2, 0.25) is 5.91 Å². The topological polar surface area (TPSA) is 72.9 Å². The Hall–Kier alpha value is -1.88. The molecule has 5 nitrogen and oxygen atoms in total. The number of rotatable bonds is 2. The molecule has 0 aliphatic carbocycles. The van der Waals surface area contributed by atoms with E-state index in [0.717, 1.165) is 16.6 Å². The molecule has 3 N–H and O–H groups in total. The fourth-order valence-electron chi connectivity index (χ4n) is 1.70. The molecule has 1 atom stereocenters. The van der Waals surface area contributed by atoms with E-state index in [9.17, 15) is 4.79 Å². The maximum atomic E-state index is 11.4. The van der Waals surface area contributed by atoms with Crippen LogP contribution in [0.15, 0.2) is 24.5 Å². The van der Waals surface area contributed by atoms with Gasteiger partial charge in [0.25, 0.3) is 0 Å². The summed E-state index contributed by atoms with van der Waals surface area (Å²) in [5.74, 6) is 4.64. The first-order valence-electron chi connectivity index (χ1n) is 5.05. The van der Waals surface area contributed by atoms with Crippen molar-refractivity contribution in [3.05, 3.63) is 30.1 Å². The molecule has 84 valence electrons. The predicted molar refractivity (Wildman–Crippen MR) is 61.5 cm³/mol. The van der Waals surface area contributed by atoms with Crippen LogP contribution in [0.25, 0.3) is 11.0 Å². The van der Waals surface area contributed by atoms with Crippen LogP contribution in [0, 0.1) is 0 Å². The fraction of sp³-hybridized carbons (Fsp3) is 0.273. The van der Waals surface area contributed by atoms with Crippen LogP contribution in [-0.2, 0) is 11.8 Å². The van der Waals surface area contributed by atoms with Crippen molar-refractivity contribution in [1.29, 1.82) is 0 Å². The van der Waals surface area contributed by atoms with Crippen molar-refractivity contribution < 1.29 is 4.79 Å². The molecule has 0 saturated carbocycles. The fourth-order valence-corrected chi connectivity index (χ4v) is 1.70. The first-order valence-corrected chi connectivity index (χ1v) is 5.05. The van der Waals surface area contributed by atoms with Crippen molar-refractivity contribution in [1.82, 2.24) is 15.0 Å². The molecule has 1 aromatic heterocycles. The SMILES string of the molecule is CC(C(=O)NN)c1ccc2c(c1)ncn2C. The molecule has 0 aliphatic heterocycles. The number of aromatic nitrogens is 2. The number of benzene rings is 1. The van der Waals surface area contributed by atoms with Crippen molar-refractivity contribution >= 4 is 16.9 Å². The maximum absolute atomic E-state index is 11.4. The Bertz CT molecular complexity index is 532. The van der Waals surface area contributed by atoms with Crippen LogP contribution in [0.3, 0.4) is 0 Å². The standard InChI is InChI=1S/C11H14N4O/c1-7(11(16)14-12)8-3-4-10-9(5-8)13-6-15(10)2/h3-7H,12H2,1-2H3,(H,14,16). The van der Waals surface area contributed by atoms with E-state index in [4.69, 9.17) is 5.84 Å². The van der Waals surface area contributed by atoms with E-state index in [1.54, 1.807) is 6.33 Å². The molecule has 1 aromatic carbocycles. The van der Waals surface area contributed by atoms with E-state index in [-0.39, 0.29) is 11.8 Å². The summed E-state index contributed by atoms with van der Waals surface area (Å²) in [5, 5.41) is 0. The number of nitrogens with zero attached hydrogens (tertiary/aromatic N) is 2. The van der Waals surface area contributed by atoms with E-state index in [0.29, 0.717) is 0 Å². The van der Waals surface area contributed by atoms with Gasteiger partial charge in [-0.15, -0.1) is 0 Å². The number of fused-ring (bicyclic) bond motifs is 1. The minimum absolute atomic E-state index is 0.199. The number of amides is 1. The molecule has 0 saturated heterocycles. The third-order valence-electron chi connectivity index (χ3n) is 2.79. The van der Waals surface area contributed by atoms with Crippen molar-refractivity contribution in [3.8, 4) is 0 Å². The lowest BCUT2D eigenvalue weighted by Gasteiger charge is -2.09. The van der Waals surface area contributed by atoms with Crippen molar-refractivity contribution in [3.63, 3.8) is 0 Å². The predicted octanol–water partition coefficient (Wildman–Crippen LogP) is 0.667. The van der Waals surface area contributed by atoms with Gasteiger partial charge >= 0.3 is 0 Å². The van der Waals surface area contributed by atoms with Gasteiger partial charge in [0.15, 0.2) is 0 Å². The van der Waals surface area contributed by atoms with Gasteiger partial charge in [-0.05, 0) is 24.6 Å². The number of hydrazine groups is 1. The van der Waals surface area contributed by atoms with Gasteiger partial charge in [0.05, 0.1) is 23.3 Å². The Balaban J connectivity index is 2.43. The third-order valence-corrected chi connectivity index (χ3v) is 2.79. The summed E-state index contributed by atoms with van der Waals surface area (Å²) in [6, 6.07) is 5.79. The number of aryl methyl sites for hydroxylation is 1. The highest BCUT2D eigenvalue weighted by Gasteiger charge is 2.14. The van der Waals surface area contributed by atoms with Gasteiger partial charge in [-0.25, -0.2) is 10.8 Å². The maximum Gasteiger partial charge on any atom is 0.241 e. The van der Waals surface area contributed by atoms with Gasteiger partial charge in [0, 0.05) is 7.05 Å². The number of carbonyl (C=O) groups is 1. The summed E-state index contributed by atoms with van der Waals surface area (Å²) >= 11 is 0. The molecule has 1 unspecified atom stereocenters. The Morgan fingerprint density at radius 1 is 1.56 bits per heavy atom. The molecular weight excluding hydrogens is 204 g/mol. The molecule has 0 radical (unpaired) electrons. The van der Waals surface area contributed by atoms with Crippen molar-refractivity contribution in [2.24, 2.45) is 12.9 Å². The molecule has 0 bridgehead atoms. The summed E-state index contributed by atoms with van der Waals surface area (Å²) < 4.78 is 1.94. The lowest BCUT2D eigenvalue weighted by molar-refractivity contribution is -0.122. The Labute approximate surface area is 93.2 Å². The average molecular weight is 218 g/mol. The summed E-state index contributed by atoms with van der Waals surface area (Å²) in [4.78, 5) is 15.6. The Kier molecular flexibility index (Phi) is 2.62. The molecule has 16 heavy (non-hydrogen) atoms. The van der Waals surface area contributed by atoms with E-state index >= 15 is 0 Å². The van der Waals surface area contributed by atoms with Crippen LogP contribution in [0.5, 0.6) is 0 Å². The second-order valence-corrected chi connectivity index (χ2v) is 3.83. The van der Waals surface area contributed by atoms with E-state index in [1.807, 2.05) is 36.7 Å². The molecule has 2 rings (SSSR count). The highest BCUT2D eigenvalue weighted by Crippen LogP contribution is 2.20. The van der Waals surface area contributed by atoms with Gasteiger partial charge in [-0.3, -0.25) is 10.2 Å². The quantitative estimate of drug-likeness (QED) is 0.442. The number of hydrogen-bond acceptors (Lipinski definition) is 3. The van der Waals surface area contributed by atoms with Crippen LogP contribution < -0.4 is 11.3 Å². The molecule has 0 fully saturated rings. The van der Waals surface area contributed by atoms with Gasteiger partial charge in [-0.1, -0.05) is 6.07 Å². The minimum Gasteiger partial charge on any atom is -0.334 e. The summed E-state index contributed by atoms with van der Waals surface area (Å²) in [6.07, 6.45) is 1.75. The minimum atomic E-state index is -0.267. The lowest BCUT2D eigenvalue weighted by atomic mass is 10.0. The van der Waals surface area contributed by atoms with E-state index in [1.165, 1.54) is 0 Å². The Morgan fingerprint density at radius 2 is 2.31 bits per heavy atom. The molecule has 2 aromatic rings.